The predicted octanol–water partition coefficient (Wildman–Crippen LogP) is 2.52. The van der Waals surface area contributed by atoms with Crippen LogP contribution in [0.4, 0.5) is 5.95 Å². The van der Waals surface area contributed by atoms with E-state index in [1.165, 1.54) is 17.1 Å². The maximum absolute atomic E-state index is 12.0. The van der Waals surface area contributed by atoms with E-state index in [0.29, 0.717) is 5.75 Å². The highest BCUT2D eigenvalue weighted by molar-refractivity contribution is 7.71. The van der Waals surface area contributed by atoms with Gasteiger partial charge in [-0.05, 0) is 42.9 Å². The van der Waals surface area contributed by atoms with Crippen molar-refractivity contribution in [2.75, 3.05) is 5.32 Å². The van der Waals surface area contributed by atoms with Gasteiger partial charge in [0.25, 0.3) is 10.7 Å². The molecule has 1 N–H and O–H groups in total. The van der Waals surface area contributed by atoms with E-state index in [2.05, 4.69) is 20.4 Å². The quantitative estimate of drug-likeness (QED) is 0.677. The molecule has 25 heavy (non-hydrogen) atoms. The molecule has 0 aliphatic heterocycles. The third-order valence-corrected chi connectivity index (χ3v) is 3.40. The van der Waals surface area contributed by atoms with Crippen molar-refractivity contribution in [2.24, 2.45) is 0 Å². The molecule has 0 unspecified atom stereocenters. The fourth-order valence-electron chi connectivity index (χ4n) is 2.02. The Kier molecular flexibility index (Phi) is 5.14. The maximum atomic E-state index is 12.0. The molecular formula is C16H15N5O3S. The van der Waals surface area contributed by atoms with Crippen molar-refractivity contribution in [3.63, 3.8) is 0 Å². The van der Waals surface area contributed by atoms with E-state index in [1.807, 2.05) is 31.2 Å². The van der Waals surface area contributed by atoms with Crippen LogP contribution in [0.15, 0.2) is 47.1 Å². The first-order valence-corrected chi connectivity index (χ1v) is 7.84. The summed E-state index contributed by atoms with van der Waals surface area (Å²) in [7, 11) is 0. The lowest BCUT2D eigenvalue weighted by atomic mass is 10.2. The number of aromatic nitrogens is 4. The topological polar surface area (TPSA) is 95.1 Å². The summed E-state index contributed by atoms with van der Waals surface area (Å²) < 4.78 is 12.2. The fraction of sp³-hybridized carbons (Fsp3) is 0.188. The van der Waals surface area contributed by atoms with Crippen LogP contribution in [-0.4, -0.2) is 25.7 Å². The molecule has 3 aromatic rings. The largest absolute Gasteiger partial charge is 0.484 e. The number of ether oxygens (including phenoxy) is 1. The number of anilines is 1. The molecule has 0 bridgehead atoms. The van der Waals surface area contributed by atoms with Crippen molar-refractivity contribution < 1.29 is 13.9 Å². The smallest absolute Gasteiger partial charge is 0.287 e. The van der Waals surface area contributed by atoms with Crippen LogP contribution in [0.1, 0.15) is 11.5 Å². The van der Waals surface area contributed by atoms with Crippen LogP contribution in [0, 0.1) is 11.8 Å². The van der Waals surface area contributed by atoms with Crippen molar-refractivity contribution in [1.82, 2.24) is 19.7 Å². The van der Waals surface area contributed by atoms with Gasteiger partial charge in [0.2, 0.25) is 11.9 Å². The molecule has 2 aromatic heterocycles. The number of benzene rings is 1. The molecule has 0 atom stereocenters. The summed E-state index contributed by atoms with van der Waals surface area (Å²) in [6, 6.07) is 9.27. The number of amides is 1. The Hall–Kier alpha value is -3.07. The number of hydrogen-bond donors (Lipinski definition) is 1. The SMILES string of the molecule is Cc1cccc(OCc2nn(CC(=O)Nc3ncccn3)c(=S)o2)c1. The lowest BCUT2D eigenvalue weighted by molar-refractivity contribution is -0.117. The molecular weight excluding hydrogens is 342 g/mol. The first-order valence-electron chi connectivity index (χ1n) is 7.43. The lowest BCUT2D eigenvalue weighted by Crippen LogP contribution is -2.21. The van der Waals surface area contributed by atoms with Crippen molar-refractivity contribution >= 4 is 24.1 Å². The van der Waals surface area contributed by atoms with Crippen LogP contribution in [0.5, 0.6) is 5.75 Å². The molecule has 0 saturated carbocycles. The van der Waals surface area contributed by atoms with E-state index in [-0.39, 0.29) is 35.7 Å². The van der Waals surface area contributed by atoms with Gasteiger partial charge in [0.05, 0.1) is 0 Å². The van der Waals surface area contributed by atoms with Gasteiger partial charge in [0.15, 0.2) is 6.61 Å². The van der Waals surface area contributed by atoms with Crippen molar-refractivity contribution in [3.8, 4) is 5.75 Å². The molecule has 3 rings (SSSR count). The second-order valence-electron chi connectivity index (χ2n) is 5.15. The Morgan fingerprint density at radius 3 is 2.88 bits per heavy atom. The number of aryl methyl sites for hydroxylation is 1. The summed E-state index contributed by atoms with van der Waals surface area (Å²) in [5, 5.41) is 6.70. The molecule has 0 radical (unpaired) electrons. The molecule has 2 heterocycles. The molecule has 0 saturated heterocycles. The maximum Gasteiger partial charge on any atom is 0.287 e. The Labute approximate surface area is 148 Å². The van der Waals surface area contributed by atoms with Gasteiger partial charge < -0.3 is 9.15 Å². The van der Waals surface area contributed by atoms with Crippen molar-refractivity contribution in [3.05, 3.63) is 59.0 Å². The van der Waals surface area contributed by atoms with E-state index >= 15 is 0 Å². The minimum atomic E-state index is -0.359. The molecule has 0 aliphatic rings. The average molecular weight is 357 g/mol. The summed E-state index contributed by atoms with van der Waals surface area (Å²) in [5.41, 5.74) is 1.09. The van der Waals surface area contributed by atoms with Gasteiger partial charge in [0, 0.05) is 12.4 Å². The Bertz CT molecular complexity index is 923. The van der Waals surface area contributed by atoms with Gasteiger partial charge in [-0.25, -0.2) is 14.6 Å². The molecule has 0 aliphatic carbocycles. The first kappa shape index (κ1) is 16.8. The lowest BCUT2D eigenvalue weighted by Gasteiger charge is -2.03. The van der Waals surface area contributed by atoms with Crippen molar-refractivity contribution in [2.45, 2.75) is 20.1 Å². The second kappa shape index (κ2) is 7.67. The van der Waals surface area contributed by atoms with E-state index < -0.39 is 0 Å². The Morgan fingerprint density at radius 1 is 1.32 bits per heavy atom. The molecule has 0 fully saturated rings. The average Bonchev–Trinajstić information content (AvgIpc) is 2.94. The minimum Gasteiger partial charge on any atom is -0.484 e. The normalized spacial score (nSPS) is 10.4. The van der Waals surface area contributed by atoms with E-state index in [0.717, 1.165) is 5.56 Å². The van der Waals surface area contributed by atoms with E-state index in [9.17, 15) is 4.79 Å². The number of hydrogen-bond acceptors (Lipinski definition) is 7. The summed E-state index contributed by atoms with van der Waals surface area (Å²) in [5.74, 6) is 0.845. The molecule has 0 spiro atoms. The summed E-state index contributed by atoms with van der Waals surface area (Å²) >= 11 is 5.07. The van der Waals surface area contributed by atoms with Gasteiger partial charge in [-0.3, -0.25) is 10.1 Å². The Morgan fingerprint density at radius 2 is 2.12 bits per heavy atom. The highest BCUT2D eigenvalue weighted by Gasteiger charge is 2.11. The van der Waals surface area contributed by atoms with Gasteiger partial charge in [-0.1, -0.05) is 12.1 Å². The summed E-state index contributed by atoms with van der Waals surface area (Å²) in [6.45, 7) is 1.98. The standard InChI is InChI=1S/C16H15N5O3S/c1-11-4-2-5-12(8-11)23-10-14-20-21(16(25)24-14)9-13(22)19-15-17-6-3-7-18-15/h2-8H,9-10H2,1H3,(H,17,18,19,22). The number of nitrogens with one attached hydrogen (secondary N) is 1. The highest BCUT2D eigenvalue weighted by Crippen LogP contribution is 2.14. The zero-order chi connectivity index (χ0) is 17.6. The highest BCUT2D eigenvalue weighted by atomic mass is 32.1. The monoisotopic (exact) mass is 357 g/mol. The van der Waals surface area contributed by atoms with Gasteiger partial charge in [0.1, 0.15) is 12.3 Å². The number of carbonyl (C=O) groups is 1. The van der Waals surface area contributed by atoms with Crippen molar-refractivity contribution in [1.29, 1.82) is 0 Å². The van der Waals surface area contributed by atoms with Gasteiger partial charge in [-0.2, -0.15) is 0 Å². The van der Waals surface area contributed by atoms with Crippen LogP contribution >= 0.6 is 12.2 Å². The molecule has 128 valence electrons. The zero-order valence-electron chi connectivity index (χ0n) is 13.4. The molecule has 1 amide bonds. The van der Waals surface area contributed by atoms with Gasteiger partial charge in [-0.15, -0.1) is 5.10 Å². The third kappa shape index (κ3) is 4.70. The fourth-order valence-corrected chi connectivity index (χ4v) is 2.22. The Balaban J connectivity index is 1.60. The second-order valence-corrected chi connectivity index (χ2v) is 5.49. The summed E-state index contributed by atoms with van der Waals surface area (Å²) in [6.07, 6.45) is 3.07. The summed E-state index contributed by atoms with van der Waals surface area (Å²) in [4.78, 5) is 19.9. The van der Waals surface area contributed by atoms with Crippen LogP contribution in [-0.2, 0) is 17.9 Å². The van der Waals surface area contributed by atoms with E-state index in [1.54, 1.807) is 6.07 Å². The molecule has 9 heteroatoms. The number of carbonyl (C=O) groups excluding carboxylic acids is 1. The van der Waals surface area contributed by atoms with Gasteiger partial charge >= 0.3 is 0 Å². The van der Waals surface area contributed by atoms with Crippen LogP contribution in [0.25, 0.3) is 0 Å². The first-order chi connectivity index (χ1) is 12.1. The van der Waals surface area contributed by atoms with Crippen LogP contribution in [0.3, 0.4) is 0 Å². The minimum absolute atomic E-state index is 0.0898. The van der Waals surface area contributed by atoms with Crippen LogP contribution in [0.2, 0.25) is 0 Å². The third-order valence-electron chi connectivity index (χ3n) is 3.11. The predicted molar refractivity (Wildman–Crippen MR) is 91.5 cm³/mol. The molecule has 8 nitrogen and oxygen atoms in total. The number of rotatable bonds is 6. The van der Waals surface area contributed by atoms with E-state index in [4.69, 9.17) is 21.4 Å². The van der Waals surface area contributed by atoms with Crippen LogP contribution < -0.4 is 10.1 Å². The molecule has 1 aromatic carbocycles. The zero-order valence-corrected chi connectivity index (χ0v) is 14.2. The number of nitrogens with zero attached hydrogens (tertiary/aromatic N) is 4.